The molecule has 2 rings (SSSR count). The van der Waals surface area contributed by atoms with Crippen molar-refractivity contribution >= 4 is 27.3 Å². The van der Waals surface area contributed by atoms with Gasteiger partial charge in [-0.3, -0.25) is 0 Å². The molecule has 0 unspecified atom stereocenters. The first-order valence-electron chi connectivity index (χ1n) is 5.76. The minimum Gasteiger partial charge on any atom is -0.394 e. The summed E-state index contributed by atoms with van der Waals surface area (Å²) in [5.74, 6) is 0. The summed E-state index contributed by atoms with van der Waals surface area (Å²) < 4.78 is 1.19. The Morgan fingerprint density at radius 3 is 2.69 bits per heavy atom. The fourth-order valence-electron chi connectivity index (χ4n) is 2.32. The van der Waals surface area contributed by atoms with Crippen LogP contribution < -0.4 is 5.32 Å². The molecule has 0 bridgehead atoms. The van der Waals surface area contributed by atoms with E-state index in [0.29, 0.717) is 0 Å². The van der Waals surface area contributed by atoms with Gasteiger partial charge in [0.2, 0.25) is 0 Å². The number of aryl methyl sites for hydroxylation is 1. The van der Waals surface area contributed by atoms with Crippen molar-refractivity contribution in [3.05, 3.63) is 20.3 Å². The molecule has 2 nitrogen and oxygen atoms in total. The largest absolute Gasteiger partial charge is 0.394 e. The Morgan fingerprint density at radius 2 is 2.19 bits per heavy atom. The maximum absolute atomic E-state index is 9.49. The standard InChI is InChI=1S/C12H18BrNOS/c1-9-11(13)6-10(16-9)7-14-12(8-15)4-2-3-5-12/h6,14-15H,2-5,7-8H2,1H3. The van der Waals surface area contributed by atoms with Gasteiger partial charge in [-0.05, 0) is 41.8 Å². The van der Waals surface area contributed by atoms with E-state index in [-0.39, 0.29) is 12.1 Å². The van der Waals surface area contributed by atoms with Gasteiger partial charge in [-0.15, -0.1) is 11.3 Å². The number of hydrogen-bond acceptors (Lipinski definition) is 3. The van der Waals surface area contributed by atoms with Crippen LogP contribution in [0.15, 0.2) is 10.5 Å². The van der Waals surface area contributed by atoms with Crippen molar-refractivity contribution in [1.29, 1.82) is 0 Å². The molecular formula is C12H18BrNOS. The van der Waals surface area contributed by atoms with Gasteiger partial charge in [-0.25, -0.2) is 0 Å². The predicted molar refractivity (Wildman–Crippen MR) is 71.9 cm³/mol. The minimum absolute atomic E-state index is 0.00955. The smallest absolute Gasteiger partial charge is 0.0613 e. The van der Waals surface area contributed by atoms with Crippen LogP contribution in [0.5, 0.6) is 0 Å². The summed E-state index contributed by atoms with van der Waals surface area (Å²) in [7, 11) is 0. The molecule has 0 aromatic carbocycles. The average Bonchev–Trinajstić information content (AvgIpc) is 2.85. The van der Waals surface area contributed by atoms with Gasteiger partial charge < -0.3 is 10.4 Å². The SMILES string of the molecule is Cc1sc(CNC2(CO)CCCC2)cc1Br. The molecule has 1 aliphatic rings. The van der Waals surface area contributed by atoms with Crippen molar-refractivity contribution < 1.29 is 5.11 Å². The summed E-state index contributed by atoms with van der Waals surface area (Å²) in [6.07, 6.45) is 4.69. The molecule has 0 aliphatic heterocycles. The Bertz CT molecular complexity index is 338. The number of nitrogens with one attached hydrogen (secondary N) is 1. The van der Waals surface area contributed by atoms with Crippen molar-refractivity contribution in [1.82, 2.24) is 5.32 Å². The molecule has 1 aliphatic carbocycles. The fourth-order valence-corrected chi connectivity index (χ4v) is 3.86. The Morgan fingerprint density at radius 1 is 1.50 bits per heavy atom. The van der Waals surface area contributed by atoms with Crippen LogP contribution in [-0.4, -0.2) is 17.3 Å². The van der Waals surface area contributed by atoms with Gasteiger partial charge in [0.15, 0.2) is 0 Å². The molecule has 1 saturated carbocycles. The van der Waals surface area contributed by atoms with Crippen LogP contribution in [0.1, 0.15) is 35.4 Å². The normalized spacial score (nSPS) is 19.2. The Labute approximate surface area is 109 Å². The quantitative estimate of drug-likeness (QED) is 0.895. The molecule has 1 aromatic rings. The maximum atomic E-state index is 9.49. The summed E-state index contributed by atoms with van der Waals surface area (Å²) in [4.78, 5) is 2.66. The summed E-state index contributed by atoms with van der Waals surface area (Å²) in [6.45, 7) is 3.26. The third kappa shape index (κ3) is 2.67. The molecule has 1 aromatic heterocycles. The molecule has 0 amide bonds. The Hall–Kier alpha value is 0.100. The first kappa shape index (κ1) is 12.6. The Balaban J connectivity index is 1.95. The number of hydrogen-bond donors (Lipinski definition) is 2. The van der Waals surface area contributed by atoms with Crippen LogP contribution in [0, 0.1) is 6.92 Å². The molecule has 16 heavy (non-hydrogen) atoms. The highest BCUT2D eigenvalue weighted by Gasteiger charge is 2.32. The fraction of sp³-hybridized carbons (Fsp3) is 0.667. The lowest BCUT2D eigenvalue weighted by Crippen LogP contribution is -2.45. The van der Waals surface area contributed by atoms with Gasteiger partial charge in [0, 0.05) is 26.3 Å². The van der Waals surface area contributed by atoms with Crippen LogP contribution in [0.4, 0.5) is 0 Å². The highest BCUT2D eigenvalue weighted by molar-refractivity contribution is 9.10. The molecule has 4 heteroatoms. The summed E-state index contributed by atoms with van der Waals surface area (Å²) in [5.41, 5.74) is -0.00955. The van der Waals surface area contributed by atoms with Crippen molar-refractivity contribution in [3.63, 3.8) is 0 Å². The van der Waals surface area contributed by atoms with Gasteiger partial charge in [-0.2, -0.15) is 0 Å². The number of rotatable bonds is 4. The van der Waals surface area contributed by atoms with Crippen LogP contribution in [0.3, 0.4) is 0 Å². The summed E-state index contributed by atoms with van der Waals surface area (Å²) in [5, 5.41) is 13.0. The third-order valence-corrected chi connectivity index (χ3v) is 5.55. The molecule has 0 spiro atoms. The second kappa shape index (κ2) is 5.17. The lowest BCUT2D eigenvalue weighted by atomic mass is 9.99. The zero-order chi connectivity index (χ0) is 11.6. The van der Waals surface area contributed by atoms with Gasteiger partial charge in [0.05, 0.1) is 6.61 Å². The van der Waals surface area contributed by atoms with E-state index in [1.54, 1.807) is 0 Å². The van der Waals surface area contributed by atoms with E-state index >= 15 is 0 Å². The minimum atomic E-state index is -0.00955. The number of aliphatic hydroxyl groups excluding tert-OH is 1. The van der Waals surface area contributed by atoms with E-state index in [1.807, 2.05) is 11.3 Å². The monoisotopic (exact) mass is 303 g/mol. The first-order chi connectivity index (χ1) is 7.65. The van der Waals surface area contributed by atoms with Gasteiger partial charge >= 0.3 is 0 Å². The first-order valence-corrected chi connectivity index (χ1v) is 7.37. The molecule has 1 fully saturated rings. The van der Waals surface area contributed by atoms with Gasteiger partial charge in [0.25, 0.3) is 0 Å². The molecule has 0 saturated heterocycles. The van der Waals surface area contributed by atoms with Gasteiger partial charge in [0.1, 0.15) is 0 Å². The second-order valence-electron chi connectivity index (χ2n) is 4.62. The molecule has 1 heterocycles. The number of halogens is 1. The van der Waals surface area contributed by atoms with Crippen molar-refractivity contribution in [3.8, 4) is 0 Å². The van der Waals surface area contributed by atoms with Crippen molar-refractivity contribution in [2.75, 3.05) is 6.61 Å². The van der Waals surface area contributed by atoms with Crippen LogP contribution in [0.25, 0.3) is 0 Å². The zero-order valence-electron chi connectivity index (χ0n) is 9.55. The van der Waals surface area contributed by atoms with E-state index in [0.717, 1.165) is 19.4 Å². The topological polar surface area (TPSA) is 32.3 Å². The lowest BCUT2D eigenvalue weighted by molar-refractivity contribution is 0.163. The van der Waals surface area contributed by atoms with Crippen LogP contribution in [-0.2, 0) is 6.54 Å². The number of thiophene rings is 1. The van der Waals surface area contributed by atoms with Crippen LogP contribution >= 0.6 is 27.3 Å². The molecule has 2 N–H and O–H groups in total. The maximum Gasteiger partial charge on any atom is 0.0613 e. The average molecular weight is 304 g/mol. The summed E-state index contributed by atoms with van der Waals surface area (Å²) >= 11 is 5.35. The molecule has 90 valence electrons. The number of aliphatic hydroxyl groups is 1. The third-order valence-electron chi connectivity index (χ3n) is 3.41. The van der Waals surface area contributed by atoms with E-state index in [1.165, 1.54) is 27.1 Å². The van der Waals surface area contributed by atoms with E-state index < -0.39 is 0 Å². The van der Waals surface area contributed by atoms with E-state index in [2.05, 4.69) is 34.2 Å². The van der Waals surface area contributed by atoms with Crippen molar-refractivity contribution in [2.24, 2.45) is 0 Å². The van der Waals surface area contributed by atoms with Crippen LogP contribution in [0.2, 0.25) is 0 Å². The highest BCUT2D eigenvalue weighted by atomic mass is 79.9. The summed E-state index contributed by atoms with van der Waals surface area (Å²) in [6, 6.07) is 2.17. The molecule has 0 radical (unpaired) electrons. The lowest BCUT2D eigenvalue weighted by Gasteiger charge is -2.27. The van der Waals surface area contributed by atoms with Crippen molar-refractivity contribution in [2.45, 2.75) is 44.7 Å². The van der Waals surface area contributed by atoms with E-state index in [4.69, 9.17) is 0 Å². The second-order valence-corrected chi connectivity index (χ2v) is 6.81. The van der Waals surface area contributed by atoms with E-state index in [9.17, 15) is 5.11 Å². The highest BCUT2D eigenvalue weighted by Crippen LogP contribution is 2.31. The van der Waals surface area contributed by atoms with Gasteiger partial charge in [-0.1, -0.05) is 12.8 Å². The predicted octanol–water partition coefficient (Wildman–Crippen LogP) is 3.21. The molecular weight excluding hydrogens is 286 g/mol. The molecule has 0 atom stereocenters. The zero-order valence-corrected chi connectivity index (χ0v) is 12.0. The Kier molecular flexibility index (Phi) is 4.06.